The number of nitrogens with zero attached hydrogens (tertiary/aromatic N) is 3. The minimum atomic E-state index is 0.718. The zero-order chi connectivity index (χ0) is 13.6. The van der Waals surface area contributed by atoms with E-state index in [0.29, 0.717) is 0 Å². The first-order chi connectivity index (χ1) is 9.08. The average Bonchev–Trinajstić information content (AvgIpc) is 2.72. The Bertz CT molecular complexity index is 614. The molecule has 0 aromatic heterocycles. The van der Waals surface area contributed by atoms with Crippen molar-refractivity contribution in [2.45, 2.75) is 6.42 Å². The van der Waals surface area contributed by atoms with Crippen LogP contribution in [0, 0.1) is 0 Å². The first-order valence-corrected chi connectivity index (χ1v) is 6.67. The highest BCUT2D eigenvalue weighted by atomic mass is 35.5. The van der Waals surface area contributed by atoms with Crippen molar-refractivity contribution >= 4 is 28.8 Å². The third-order valence-electron chi connectivity index (χ3n) is 3.37. The minimum absolute atomic E-state index is 0.718. The highest BCUT2D eigenvalue weighted by Gasteiger charge is 2.31. The van der Waals surface area contributed by atoms with Crippen LogP contribution in [0.1, 0.15) is 12.0 Å². The van der Waals surface area contributed by atoms with E-state index in [-0.39, 0.29) is 0 Å². The Morgan fingerprint density at radius 3 is 2.95 bits per heavy atom. The standard InChI is InChI=1S/C15H16ClN3/c1-10-14-12(16)5-4-6-13(14)19-8-7-11(9-18(2)3)15(19)17-10/h4-6,9H,1,7-8H2,2-3H3/b11-9+. The fraction of sp³-hybridized carbons (Fsp3) is 0.267. The highest BCUT2D eigenvalue weighted by Crippen LogP contribution is 2.40. The molecule has 0 unspecified atom stereocenters. The van der Waals surface area contributed by atoms with Gasteiger partial charge in [-0.25, -0.2) is 4.99 Å². The van der Waals surface area contributed by atoms with Crippen molar-refractivity contribution in [1.82, 2.24) is 4.90 Å². The molecule has 2 aliphatic heterocycles. The number of anilines is 1. The molecule has 19 heavy (non-hydrogen) atoms. The lowest BCUT2D eigenvalue weighted by atomic mass is 10.1. The average molecular weight is 274 g/mol. The summed E-state index contributed by atoms with van der Waals surface area (Å²) < 4.78 is 0. The molecule has 1 aromatic rings. The van der Waals surface area contributed by atoms with Crippen LogP contribution >= 0.6 is 11.6 Å². The van der Waals surface area contributed by atoms with Crippen LogP contribution in [0.3, 0.4) is 0 Å². The molecule has 0 saturated carbocycles. The summed E-state index contributed by atoms with van der Waals surface area (Å²) in [5.74, 6) is 1.01. The van der Waals surface area contributed by atoms with Crippen LogP contribution < -0.4 is 4.90 Å². The fourth-order valence-electron chi connectivity index (χ4n) is 2.63. The van der Waals surface area contributed by atoms with Crippen LogP contribution in [0.2, 0.25) is 5.02 Å². The Balaban J connectivity index is 2.12. The Kier molecular flexibility index (Phi) is 2.86. The molecule has 0 radical (unpaired) electrons. The van der Waals surface area contributed by atoms with Gasteiger partial charge in [-0.05, 0) is 18.6 Å². The molecule has 0 amide bonds. The Morgan fingerprint density at radius 2 is 2.21 bits per heavy atom. The number of halogens is 1. The largest absolute Gasteiger partial charge is 0.383 e. The van der Waals surface area contributed by atoms with Crippen LogP contribution in [0.4, 0.5) is 5.69 Å². The number of aliphatic imine (C=N–C) groups is 1. The van der Waals surface area contributed by atoms with E-state index in [9.17, 15) is 0 Å². The van der Waals surface area contributed by atoms with E-state index in [2.05, 4.69) is 33.6 Å². The molecule has 2 aliphatic rings. The van der Waals surface area contributed by atoms with Crippen molar-refractivity contribution in [1.29, 1.82) is 0 Å². The molecule has 3 rings (SSSR count). The van der Waals surface area contributed by atoms with E-state index in [0.717, 1.165) is 40.8 Å². The van der Waals surface area contributed by atoms with Crippen LogP contribution in [-0.2, 0) is 0 Å². The molecule has 1 saturated heterocycles. The van der Waals surface area contributed by atoms with E-state index in [4.69, 9.17) is 11.6 Å². The summed E-state index contributed by atoms with van der Waals surface area (Å²) >= 11 is 6.27. The normalized spacial score (nSPS) is 19.3. The molecular weight excluding hydrogens is 258 g/mol. The third-order valence-corrected chi connectivity index (χ3v) is 3.69. The van der Waals surface area contributed by atoms with Gasteiger partial charge < -0.3 is 9.80 Å². The molecule has 98 valence electrons. The van der Waals surface area contributed by atoms with Gasteiger partial charge in [0.1, 0.15) is 5.84 Å². The van der Waals surface area contributed by atoms with Gasteiger partial charge in [0.05, 0.1) is 16.4 Å². The van der Waals surface area contributed by atoms with Gasteiger partial charge in [-0.2, -0.15) is 0 Å². The second-order valence-electron chi connectivity index (χ2n) is 5.04. The second-order valence-corrected chi connectivity index (χ2v) is 5.44. The summed E-state index contributed by atoms with van der Waals surface area (Å²) in [5, 5.41) is 0.718. The van der Waals surface area contributed by atoms with Crippen molar-refractivity contribution in [3.63, 3.8) is 0 Å². The fourth-order valence-corrected chi connectivity index (χ4v) is 2.91. The van der Waals surface area contributed by atoms with Gasteiger partial charge in [0.15, 0.2) is 0 Å². The number of rotatable bonds is 1. The smallest absolute Gasteiger partial charge is 0.138 e. The predicted octanol–water partition coefficient (Wildman–Crippen LogP) is 3.38. The number of benzene rings is 1. The van der Waals surface area contributed by atoms with E-state index in [1.807, 2.05) is 26.2 Å². The highest BCUT2D eigenvalue weighted by molar-refractivity contribution is 6.33. The van der Waals surface area contributed by atoms with E-state index >= 15 is 0 Å². The summed E-state index contributed by atoms with van der Waals surface area (Å²) in [4.78, 5) is 8.93. The minimum Gasteiger partial charge on any atom is -0.383 e. The Labute approximate surface area is 118 Å². The molecule has 0 spiro atoms. The molecule has 2 heterocycles. The van der Waals surface area contributed by atoms with Gasteiger partial charge in [0.25, 0.3) is 0 Å². The Morgan fingerprint density at radius 1 is 1.42 bits per heavy atom. The summed E-state index contributed by atoms with van der Waals surface area (Å²) in [6.45, 7) is 4.99. The maximum absolute atomic E-state index is 6.27. The van der Waals surface area contributed by atoms with Crippen molar-refractivity contribution in [3.8, 4) is 0 Å². The van der Waals surface area contributed by atoms with Gasteiger partial charge in [0, 0.05) is 38.0 Å². The molecule has 3 nitrogen and oxygen atoms in total. The number of amidine groups is 1. The zero-order valence-corrected chi connectivity index (χ0v) is 11.9. The summed E-state index contributed by atoms with van der Waals surface area (Å²) in [6.07, 6.45) is 3.12. The molecule has 1 fully saturated rings. The molecule has 0 N–H and O–H groups in total. The van der Waals surface area contributed by atoms with Crippen LogP contribution in [0.15, 0.2) is 41.5 Å². The second kappa shape index (κ2) is 4.42. The zero-order valence-electron chi connectivity index (χ0n) is 11.2. The molecular formula is C15H16ClN3. The summed E-state index contributed by atoms with van der Waals surface area (Å²) in [5.41, 5.74) is 4.07. The quantitative estimate of drug-likeness (QED) is 0.781. The van der Waals surface area contributed by atoms with E-state index in [1.165, 1.54) is 5.57 Å². The monoisotopic (exact) mass is 273 g/mol. The molecule has 0 bridgehead atoms. The number of fused-ring (bicyclic) bond motifs is 3. The van der Waals surface area contributed by atoms with Crippen molar-refractivity contribution < 1.29 is 0 Å². The van der Waals surface area contributed by atoms with Crippen molar-refractivity contribution in [3.05, 3.63) is 47.1 Å². The molecule has 4 heteroatoms. The van der Waals surface area contributed by atoms with Gasteiger partial charge in [0.2, 0.25) is 0 Å². The summed E-state index contributed by atoms with van der Waals surface area (Å²) in [7, 11) is 4.05. The van der Waals surface area contributed by atoms with Gasteiger partial charge in [-0.3, -0.25) is 0 Å². The van der Waals surface area contributed by atoms with Gasteiger partial charge in [-0.15, -0.1) is 0 Å². The molecule has 1 aromatic carbocycles. The van der Waals surface area contributed by atoms with Crippen LogP contribution in [-0.4, -0.2) is 31.4 Å². The Hall–Kier alpha value is -1.74. The molecule has 0 aliphatic carbocycles. The molecule has 0 atom stereocenters. The lowest BCUT2D eigenvalue weighted by molar-refractivity contribution is 0.559. The number of hydrogen-bond acceptors (Lipinski definition) is 3. The predicted molar refractivity (Wildman–Crippen MR) is 81.7 cm³/mol. The lowest BCUT2D eigenvalue weighted by Crippen LogP contribution is -2.29. The van der Waals surface area contributed by atoms with E-state index in [1.54, 1.807) is 0 Å². The lowest BCUT2D eigenvalue weighted by Gasteiger charge is -2.27. The first kappa shape index (κ1) is 12.3. The van der Waals surface area contributed by atoms with Crippen LogP contribution in [0.25, 0.3) is 5.70 Å². The van der Waals surface area contributed by atoms with Crippen molar-refractivity contribution in [2.24, 2.45) is 4.99 Å². The third kappa shape index (κ3) is 1.94. The first-order valence-electron chi connectivity index (χ1n) is 6.29. The van der Waals surface area contributed by atoms with Gasteiger partial charge in [-0.1, -0.05) is 24.2 Å². The van der Waals surface area contributed by atoms with Crippen molar-refractivity contribution in [2.75, 3.05) is 25.5 Å². The van der Waals surface area contributed by atoms with Crippen LogP contribution in [0.5, 0.6) is 0 Å². The maximum atomic E-state index is 6.27. The maximum Gasteiger partial charge on any atom is 0.138 e. The topological polar surface area (TPSA) is 18.8 Å². The number of hydrogen-bond donors (Lipinski definition) is 0. The summed E-state index contributed by atoms with van der Waals surface area (Å²) in [6, 6.07) is 5.95. The van der Waals surface area contributed by atoms with Gasteiger partial charge >= 0.3 is 0 Å². The van der Waals surface area contributed by atoms with E-state index < -0.39 is 0 Å². The SMILES string of the molecule is C=C1N=C2/C(=C/N(C)C)CCN2c2cccc(Cl)c21.